The number of hydrogen-bond acceptors (Lipinski definition) is 5. The molecular formula is C11H13N5O. The van der Waals surface area contributed by atoms with Crippen molar-refractivity contribution in [2.24, 2.45) is 12.2 Å². The van der Waals surface area contributed by atoms with Crippen molar-refractivity contribution in [3.05, 3.63) is 41.2 Å². The van der Waals surface area contributed by atoms with E-state index in [2.05, 4.69) is 20.6 Å². The van der Waals surface area contributed by atoms with E-state index < -0.39 is 0 Å². The number of nitrogens with zero attached hydrogens (tertiary/aromatic N) is 5. The summed E-state index contributed by atoms with van der Waals surface area (Å²) in [5.41, 5.74) is 2.59. The van der Waals surface area contributed by atoms with Crippen LogP contribution >= 0.6 is 0 Å². The molecule has 0 saturated carbocycles. The number of benzene rings is 1. The summed E-state index contributed by atoms with van der Waals surface area (Å²) in [6, 6.07) is 7.84. The lowest BCUT2D eigenvalue weighted by molar-refractivity contribution is 0.213. The Kier molecular flexibility index (Phi) is 3.13. The quantitative estimate of drug-likeness (QED) is 0.582. The Hall–Kier alpha value is -2.24. The zero-order valence-corrected chi connectivity index (χ0v) is 9.95. The van der Waals surface area contributed by atoms with E-state index in [1.54, 1.807) is 7.05 Å². The largest absolute Gasteiger partial charge is 0.399 e. The molecule has 1 aromatic heterocycles. The van der Waals surface area contributed by atoms with E-state index in [0.717, 1.165) is 11.1 Å². The fraction of sp³-hybridized carbons (Fsp3) is 0.273. The summed E-state index contributed by atoms with van der Waals surface area (Å²) >= 11 is 0. The van der Waals surface area contributed by atoms with Crippen LogP contribution in [0.5, 0.6) is 0 Å². The molecule has 0 fully saturated rings. The molecule has 0 atom stereocenters. The van der Waals surface area contributed by atoms with Crippen LogP contribution in [0.1, 0.15) is 17.0 Å². The number of aromatic nitrogens is 4. The monoisotopic (exact) mass is 231 g/mol. The van der Waals surface area contributed by atoms with Crippen molar-refractivity contribution in [2.75, 3.05) is 7.11 Å². The van der Waals surface area contributed by atoms with E-state index in [9.17, 15) is 0 Å². The van der Waals surface area contributed by atoms with E-state index in [0.29, 0.717) is 11.5 Å². The molecule has 0 amide bonds. The molecule has 2 rings (SSSR count). The first-order valence-electron chi connectivity index (χ1n) is 5.14. The van der Waals surface area contributed by atoms with Crippen LogP contribution in [0.2, 0.25) is 0 Å². The molecule has 0 unspecified atom stereocenters. The second-order valence-corrected chi connectivity index (χ2v) is 3.54. The highest BCUT2D eigenvalue weighted by atomic mass is 16.6. The summed E-state index contributed by atoms with van der Waals surface area (Å²) in [6.07, 6.45) is 0. The van der Waals surface area contributed by atoms with Gasteiger partial charge in [0.1, 0.15) is 7.11 Å². The van der Waals surface area contributed by atoms with Gasteiger partial charge in [-0.3, -0.25) is 0 Å². The topological polar surface area (TPSA) is 65.2 Å². The van der Waals surface area contributed by atoms with Gasteiger partial charge in [-0.2, -0.15) is 4.80 Å². The van der Waals surface area contributed by atoms with E-state index in [-0.39, 0.29) is 0 Å². The molecule has 6 heteroatoms. The molecule has 1 aromatic carbocycles. The molecular weight excluding hydrogens is 218 g/mol. The highest BCUT2D eigenvalue weighted by molar-refractivity contribution is 6.10. The summed E-state index contributed by atoms with van der Waals surface area (Å²) in [4.78, 5) is 6.24. The van der Waals surface area contributed by atoms with Crippen LogP contribution < -0.4 is 0 Å². The number of oxime groups is 1. The average molecular weight is 231 g/mol. The average Bonchev–Trinajstić information content (AvgIpc) is 2.74. The minimum absolute atomic E-state index is 0.448. The van der Waals surface area contributed by atoms with Gasteiger partial charge < -0.3 is 4.84 Å². The lowest BCUT2D eigenvalue weighted by Gasteiger charge is -2.04. The smallest absolute Gasteiger partial charge is 0.227 e. The van der Waals surface area contributed by atoms with Crippen molar-refractivity contribution in [2.45, 2.75) is 6.92 Å². The molecule has 0 aliphatic carbocycles. The highest BCUT2D eigenvalue weighted by Gasteiger charge is 2.15. The third-order valence-corrected chi connectivity index (χ3v) is 2.30. The maximum atomic E-state index is 4.85. The summed E-state index contributed by atoms with van der Waals surface area (Å²) in [6.45, 7) is 2.00. The summed E-state index contributed by atoms with van der Waals surface area (Å²) in [5, 5.41) is 15.8. The summed E-state index contributed by atoms with van der Waals surface area (Å²) < 4.78 is 0. The van der Waals surface area contributed by atoms with Crippen LogP contribution in [0.15, 0.2) is 29.4 Å². The molecule has 0 aliphatic rings. The van der Waals surface area contributed by atoms with Crippen LogP contribution in [0.4, 0.5) is 0 Å². The van der Waals surface area contributed by atoms with E-state index in [1.807, 2.05) is 31.2 Å². The molecule has 1 heterocycles. The van der Waals surface area contributed by atoms with Crippen LogP contribution in [0.3, 0.4) is 0 Å². The van der Waals surface area contributed by atoms with Crippen molar-refractivity contribution < 1.29 is 4.84 Å². The van der Waals surface area contributed by atoms with Crippen LogP contribution in [0, 0.1) is 6.92 Å². The van der Waals surface area contributed by atoms with Crippen LogP contribution in [-0.4, -0.2) is 33.0 Å². The number of rotatable bonds is 3. The van der Waals surface area contributed by atoms with Gasteiger partial charge in [0, 0.05) is 5.56 Å². The maximum Gasteiger partial charge on any atom is 0.227 e. The third-order valence-electron chi connectivity index (χ3n) is 2.30. The van der Waals surface area contributed by atoms with E-state index in [1.165, 1.54) is 11.9 Å². The van der Waals surface area contributed by atoms with E-state index >= 15 is 0 Å². The first-order valence-corrected chi connectivity index (χ1v) is 5.14. The molecule has 0 saturated heterocycles. The first-order chi connectivity index (χ1) is 8.22. The minimum atomic E-state index is 0.448. The van der Waals surface area contributed by atoms with Crippen molar-refractivity contribution in [1.82, 2.24) is 20.2 Å². The Morgan fingerprint density at radius 2 is 2.12 bits per heavy atom. The van der Waals surface area contributed by atoms with Gasteiger partial charge in [0.25, 0.3) is 0 Å². The Labute approximate surface area is 98.9 Å². The summed E-state index contributed by atoms with van der Waals surface area (Å²) in [7, 11) is 3.20. The van der Waals surface area contributed by atoms with Gasteiger partial charge in [-0.25, -0.2) is 0 Å². The molecule has 0 aliphatic heterocycles. The van der Waals surface area contributed by atoms with Gasteiger partial charge in [-0.1, -0.05) is 29.4 Å². The normalized spacial score (nSPS) is 11.6. The molecule has 0 radical (unpaired) electrons. The molecule has 17 heavy (non-hydrogen) atoms. The van der Waals surface area contributed by atoms with Crippen molar-refractivity contribution in [1.29, 1.82) is 0 Å². The minimum Gasteiger partial charge on any atom is -0.399 e. The van der Waals surface area contributed by atoms with Crippen LogP contribution in [-0.2, 0) is 11.9 Å². The highest BCUT2D eigenvalue weighted by Crippen LogP contribution is 2.12. The second-order valence-electron chi connectivity index (χ2n) is 3.54. The van der Waals surface area contributed by atoms with Gasteiger partial charge in [0.05, 0.1) is 7.05 Å². The fourth-order valence-corrected chi connectivity index (χ4v) is 1.52. The lowest BCUT2D eigenvalue weighted by atomic mass is 10.0. The number of hydrogen-bond donors (Lipinski definition) is 0. The SMILES string of the molecule is CO/N=C(\c1nnn(C)n1)c1ccccc1C. The number of aryl methyl sites for hydroxylation is 2. The van der Waals surface area contributed by atoms with Gasteiger partial charge in [0.2, 0.25) is 5.82 Å². The van der Waals surface area contributed by atoms with Crippen LogP contribution in [0.25, 0.3) is 0 Å². The molecule has 2 aromatic rings. The van der Waals surface area contributed by atoms with Gasteiger partial charge in [-0.05, 0) is 17.7 Å². The molecule has 0 spiro atoms. The Morgan fingerprint density at radius 1 is 1.35 bits per heavy atom. The summed E-state index contributed by atoms with van der Waals surface area (Å²) in [5.74, 6) is 0.448. The Bertz CT molecular complexity index is 546. The number of tetrazole rings is 1. The molecule has 88 valence electrons. The second kappa shape index (κ2) is 4.73. The lowest BCUT2D eigenvalue weighted by Crippen LogP contribution is -2.09. The Balaban J connectivity index is 2.51. The van der Waals surface area contributed by atoms with Gasteiger partial charge in [0.15, 0.2) is 5.71 Å². The molecule has 6 nitrogen and oxygen atoms in total. The molecule has 0 N–H and O–H groups in total. The standard InChI is InChI=1S/C11H13N5O/c1-8-6-4-5-7-9(8)10(14-17-3)11-12-15-16(2)13-11/h4-7H,1-3H3/b14-10-. The first kappa shape index (κ1) is 11.3. The fourth-order valence-electron chi connectivity index (χ4n) is 1.52. The van der Waals surface area contributed by atoms with Gasteiger partial charge >= 0.3 is 0 Å². The van der Waals surface area contributed by atoms with E-state index in [4.69, 9.17) is 4.84 Å². The van der Waals surface area contributed by atoms with Crippen molar-refractivity contribution >= 4 is 5.71 Å². The maximum absolute atomic E-state index is 4.85. The Morgan fingerprint density at radius 3 is 2.71 bits per heavy atom. The predicted molar refractivity (Wildman–Crippen MR) is 62.6 cm³/mol. The predicted octanol–water partition coefficient (Wildman–Crippen LogP) is 0.917. The molecule has 0 bridgehead atoms. The van der Waals surface area contributed by atoms with Crippen molar-refractivity contribution in [3.8, 4) is 0 Å². The third kappa shape index (κ3) is 2.30. The zero-order valence-electron chi connectivity index (χ0n) is 9.95. The van der Waals surface area contributed by atoms with Gasteiger partial charge in [-0.15, -0.1) is 10.2 Å². The zero-order chi connectivity index (χ0) is 12.3. The van der Waals surface area contributed by atoms with Crippen molar-refractivity contribution in [3.63, 3.8) is 0 Å².